The van der Waals surface area contributed by atoms with Gasteiger partial charge in [0.25, 0.3) is 0 Å². The van der Waals surface area contributed by atoms with Crippen LogP contribution in [0.2, 0.25) is 0 Å². The number of anilines is 4. The van der Waals surface area contributed by atoms with Crippen molar-refractivity contribution in [1.29, 1.82) is 0 Å². The third-order valence-electron chi connectivity index (χ3n) is 5.65. The van der Waals surface area contributed by atoms with Crippen molar-refractivity contribution in [3.63, 3.8) is 0 Å². The topological polar surface area (TPSA) is 38.8 Å². The van der Waals surface area contributed by atoms with E-state index in [1.165, 1.54) is 0 Å². The summed E-state index contributed by atoms with van der Waals surface area (Å²) in [5, 5.41) is 0. The van der Waals surface area contributed by atoms with E-state index in [0.717, 1.165) is 23.0 Å². The van der Waals surface area contributed by atoms with Gasteiger partial charge in [-0.25, -0.2) is 4.98 Å². The van der Waals surface area contributed by atoms with Crippen LogP contribution in [0, 0.1) is 32.7 Å². The van der Waals surface area contributed by atoms with Crippen LogP contribution in [0.15, 0.2) is 86.0 Å². The van der Waals surface area contributed by atoms with Crippen LogP contribution in [0.5, 0.6) is 0 Å². The van der Waals surface area contributed by atoms with Crippen LogP contribution in [-0.4, -0.2) is 52.8 Å². The van der Waals surface area contributed by atoms with Crippen LogP contribution >= 0.6 is 0 Å². The van der Waals surface area contributed by atoms with E-state index < -0.39 is 0 Å². The minimum absolute atomic E-state index is 0. The Morgan fingerprint density at radius 1 is 0.514 bits per heavy atom. The van der Waals surface area contributed by atoms with Gasteiger partial charge in [-0.2, -0.15) is 19.4 Å². The van der Waals surface area contributed by atoms with Crippen LogP contribution in [-0.2, 0) is 20.4 Å². The molecule has 1 aromatic carbocycles. The molecule has 6 rings (SSSR count). The van der Waals surface area contributed by atoms with Crippen LogP contribution in [0.3, 0.4) is 0 Å². The molecular formula is C27H30N9Re-5. The molecule has 5 heterocycles. The van der Waals surface area contributed by atoms with Crippen molar-refractivity contribution in [2.24, 2.45) is 0 Å². The summed E-state index contributed by atoms with van der Waals surface area (Å²) in [5.41, 5.74) is 2.06. The Bertz CT molecular complexity index is 1010. The Hall–Kier alpha value is -3.61. The second kappa shape index (κ2) is 11.6. The molecule has 0 atom stereocenters. The van der Waals surface area contributed by atoms with Gasteiger partial charge in [0.2, 0.25) is 0 Å². The molecule has 0 saturated carbocycles. The zero-order valence-corrected chi connectivity index (χ0v) is 24.0. The molecule has 0 saturated heterocycles. The van der Waals surface area contributed by atoms with Crippen LogP contribution in [0.25, 0.3) is 0 Å². The second-order valence-electron chi connectivity index (χ2n) is 8.72. The van der Waals surface area contributed by atoms with Gasteiger partial charge in [0.05, 0.1) is 0 Å². The molecule has 2 aromatic rings. The smallest absolute Gasteiger partial charge is 0.106 e. The maximum Gasteiger partial charge on any atom is 0.106 e. The summed E-state index contributed by atoms with van der Waals surface area (Å²) in [6.07, 6.45) is 16.0. The zero-order valence-electron chi connectivity index (χ0n) is 21.3. The fraction of sp³-hybridized carbons (Fsp3) is 0.148. The van der Waals surface area contributed by atoms with Crippen molar-refractivity contribution < 1.29 is 20.4 Å². The predicted octanol–water partition coefficient (Wildman–Crippen LogP) is 3.94. The monoisotopic (exact) mass is 667 g/mol. The van der Waals surface area contributed by atoms with E-state index in [4.69, 9.17) is 0 Å². The van der Waals surface area contributed by atoms with Crippen LogP contribution in [0.4, 0.5) is 23.0 Å². The van der Waals surface area contributed by atoms with Gasteiger partial charge in [0.1, 0.15) is 11.6 Å². The molecule has 0 N–H and O–H groups in total. The molecule has 0 amide bonds. The first-order chi connectivity index (χ1) is 17.4. The molecule has 10 heteroatoms. The number of pyridine rings is 1. The van der Waals surface area contributed by atoms with E-state index in [1.807, 2.05) is 180 Å². The fourth-order valence-corrected chi connectivity index (χ4v) is 3.80. The number of hydrogen-bond acceptors (Lipinski definition) is 9. The Kier molecular flexibility index (Phi) is 8.32. The average Bonchev–Trinajstić information content (AvgIpc) is 3.69. The molecule has 0 fully saturated rings. The van der Waals surface area contributed by atoms with E-state index in [0.29, 0.717) is 0 Å². The van der Waals surface area contributed by atoms with E-state index in [2.05, 4.69) is 11.1 Å². The molecule has 1 radical (unpaired) electrons. The first kappa shape index (κ1) is 26.5. The standard InChI is InChI=1S/C14H15N4.C13H15N5.Re/c1-15-6-8-17(11-15)13-4-3-5-14(10-13)18-9-7-16(2)12-18;1-15-6-8-17(10-15)12-4-3-5-13(14-12)18-9-7-16(2)11-18;/h3-9,11-12H,1-2H3;3-11H,1-2H3;/q-3;-2;. The summed E-state index contributed by atoms with van der Waals surface area (Å²) < 4.78 is 0. The summed E-state index contributed by atoms with van der Waals surface area (Å²) in [6.45, 7) is 8.01. The van der Waals surface area contributed by atoms with Gasteiger partial charge in [0, 0.05) is 20.4 Å². The molecule has 1 aromatic heterocycles. The Balaban J connectivity index is 0.000000168. The van der Waals surface area contributed by atoms with Crippen LogP contribution < -0.4 is 19.6 Å². The van der Waals surface area contributed by atoms with Gasteiger partial charge < -0.3 is 39.2 Å². The molecule has 0 aliphatic carbocycles. The zero-order chi connectivity index (χ0) is 25.1. The summed E-state index contributed by atoms with van der Waals surface area (Å²) >= 11 is 0. The fourth-order valence-electron chi connectivity index (χ4n) is 3.80. The first-order valence-electron chi connectivity index (χ1n) is 11.6. The summed E-state index contributed by atoms with van der Waals surface area (Å²) in [7, 11) is 8.00. The van der Waals surface area contributed by atoms with Crippen molar-refractivity contribution >= 4 is 23.0 Å². The van der Waals surface area contributed by atoms with E-state index in [-0.39, 0.29) is 20.4 Å². The number of rotatable bonds is 4. The molecule has 195 valence electrons. The largest absolute Gasteiger partial charge is 0.510 e. The van der Waals surface area contributed by atoms with Gasteiger partial charge in [-0.15, -0.1) is 42.9 Å². The first-order valence-corrected chi connectivity index (χ1v) is 11.6. The molecule has 0 unspecified atom stereocenters. The molecule has 4 aliphatic rings. The van der Waals surface area contributed by atoms with Crippen molar-refractivity contribution in [1.82, 2.24) is 24.6 Å². The Labute approximate surface area is 234 Å². The predicted molar refractivity (Wildman–Crippen MR) is 144 cm³/mol. The van der Waals surface area contributed by atoms with E-state index in [9.17, 15) is 0 Å². The quantitative estimate of drug-likeness (QED) is 0.452. The second-order valence-corrected chi connectivity index (χ2v) is 8.72. The molecule has 0 spiro atoms. The number of aromatic nitrogens is 1. The average molecular weight is 667 g/mol. The third kappa shape index (κ3) is 6.40. The van der Waals surface area contributed by atoms with Gasteiger partial charge >= 0.3 is 0 Å². The van der Waals surface area contributed by atoms with Crippen molar-refractivity contribution in [3.05, 3.63) is 119 Å². The van der Waals surface area contributed by atoms with E-state index in [1.54, 1.807) is 0 Å². The van der Waals surface area contributed by atoms with Crippen LogP contribution in [0.1, 0.15) is 0 Å². The summed E-state index contributed by atoms with van der Waals surface area (Å²) in [4.78, 5) is 20.7. The normalized spacial score (nSPS) is 17.8. The SMILES string of the molecule is CN1C=CN(c2[c-]c(N3C=CN(C)[CH-]3)ccc2)[CH-]1.CN1C=CN(c2cccc(N3C=CN(C)[CH-]3)n2)[CH-]1.[Re]. The number of nitrogens with zero attached hydrogens (tertiary/aromatic N) is 9. The van der Waals surface area contributed by atoms with Gasteiger partial charge in [-0.1, -0.05) is 6.07 Å². The number of benzene rings is 1. The molecule has 9 nitrogen and oxygen atoms in total. The number of hydrogen-bond donors (Lipinski definition) is 0. The van der Waals surface area contributed by atoms with Gasteiger partial charge in [-0.05, 0) is 89.9 Å². The van der Waals surface area contributed by atoms with Crippen molar-refractivity contribution in [3.8, 4) is 0 Å². The minimum Gasteiger partial charge on any atom is -0.510 e. The van der Waals surface area contributed by atoms with Gasteiger partial charge in [-0.3, -0.25) is 0 Å². The minimum atomic E-state index is 0. The van der Waals surface area contributed by atoms with Crippen molar-refractivity contribution in [2.75, 3.05) is 47.8 Å². The van der Waals surface area contributed by atoms with Gasteiger partial charge in [0.15, 0.2) is 0 Å². The Morgan fingerprint density at radius 3 is 1.22 bits per heavy atom. The molecule has 37 heavy (non-hydrogen) atoms. The molecular weight excluding hydrogens is 637 g/mol. The van der Waals surface area contributed by atoms with E-state index >= 15 is 0 Å². The maximum absolute atomic E-state index is 4.64. The third-order valence-corrected chi connectivity index (χ3v) is 5.65. The molecule has 0 bridgehead atoms. The Morgan fingerprint density at radius 2 is 0.865 bits per heavy atom. The van der Waals surface area contributed by atoms with Crippen molar-refractivity contribution in [2.45, 2.75) is 0 Å². The summed E-state index contributed by atoms with van der Waals surface area (Å²) in [5.74, 6) is 1.81. The maximum atomic E-state index is 4.64. The summed E-state index contributed by atoms with van der Waals surface area (Å²) in [6, 6.07) is 15.5. The molecule has 4 aliphatic heterocycles.